The number of likely N-dealkylation sites (N-methyl/N-ethyl adjacent to an activating group) is 1. The lowest BCUT2D eigenvalue weighted by Gasteiger charge is -2.19. The number of fused-ring (bicyclic) bond motifs is 1. The number of thioether (sulfide) groups is 2. The Morgan fingerprint density at radius 2 is 1.76 bits per heavy atom. The molecule has 1 saturated heterocycles. The molecule has 1 fully saturated rings. The SMILES string of the molecule is CCN1C(=O)/C(=C2/Sc3ccc(OC)cc3N2CC)SC1=Nc1ccc(Cl)cc1. The van der Waals surface area contributed by atoms with E-state index >= 15 is 0 Å². The minimum Gasteiger partial charge on any atom is -0.497 e. The minimum atomic E-state index is -0.00839. The Kier molecular flexibility index (Phi) is 5.81. The number of carbonyl (C=O) groups excluding carboxylic acids is 1. The summed E-state index contributed by atoms with van der Waals surface area (Å²) >= 11 is 9.02. The molecule has 0 aliphatic carbocycles. The van der Waals surface area contributed by atoms with Crippen molar-refractivity contribution in [1.82, 2.24) is 4.90 Å². The number of anilines is 1. The number of aliphatic imine (C=N–C) groups is 1. The van der Waals surface area contributed by atoms with Gasteiger partial charge in [0.25, 0.3) is 5.91 Å². The van der Waals surface area contributed by atoms with Crippen molar-refractivity contribution >= 4 is 57.6 Å². The number of hydrogen-bond acceptors (Lipinski definition) is 6. The lowest BCUT2D eigenvalue weighted by Crippen LogP contribution is -2.29. The largest absolute Gasteiger partial charge is 0.497 e. The Balaban J connectivity index is 1.73. The maximum Gasteiger partial charge on any atom is 0.269 e. The summed E-state index contributed by atoms with van der Waals surface area (Å²) < 4.78 is 5.38. The van der Waals surface area contributed by atoms with Crippen LogP contribution in [-0.4, -0.2) is 36.2 Å². The monoisotopic (exact) mass is 445 g/mol. The highest BCUT2D eigenvalue weighted by Gasteiger charge is 2.39. The number of rotatable bonds is 4. The van der Waals surface area contributed by atoms with Crippen molar-refractivity contribution in [2.45, 2.75) is 18.7 Å². The van der Waals surface area contributed by atoms with E-state index < -0.39 is 0 Å². The zero-order valence-electron chi connectivity index (χ0n) is 16.3. The molecule has 0 spiro atoms. The zero-order chi connectivity index (χ0) is 20.5. The normalized spacial score (nSPS) is 20.0. The molecule has 2 aromatic carbocycles. The van der Waals surface area contributed by atoms with Crippen molar-refractivity contribution < 1.29 is 9.53 Å². The Labute approximate surface area is 183 Å². The van der Waals surface area contributed by atoms with Gasteiger partial charge < -0.3 is 9.64 Å². The van der Waals surface area contributed by atoms with E-state index in [1.807, 2.05) is 37.3 Å². The second kappa shape index (κ2) is 8.34. The van der Waals surface area contributed by atoms with E-state index in [0.717, 1.165) is 33.6 Å². The van der Waals surface area contributed by atoms with Gasteiger partial charge >= 0.3 is 0 Å². The molecule has 0 aromatic heterocycles. The molecule has 150 valence electrons. The van der Waals surface area contributed by atoms with Crippen molar-refractivity contribution in [1.29, 1.82) is 0 Å². The Bertz CT molecular complexity index is 1020. The fraction of sp³-hybridized carbons (Fsp3) is 0.238. The fourth-order valence-electron chi connectivity index (χ4n) is 3.20. The van der Waals surface area contributed by atoms with Gasteiger partial charge in [-0.3, -0.25) is 9.69 Å². The van der Waals surface area contributed by atoms with Crippen LogP contribution >= 0.6 is 35.1 Å². The number of hydrogen-bond donors (Lipinski definition) is 0. The second-order valence-electron chi connectivity index (χ2n) is 6.34. The van der Waals surface area contributed by atoms with Crippen LogP contribution in [-0.2, 0) is 4.79 Å². The first-order valence-electron chi connectivity index (χ1n) is 9.27. The predicted octanol–water partition coefficient (Wildman–Crippen LogP) is 5.73. The molecule has 1 amide bonds. The average molecular weight is 446 g/mol. The predicted molar refractivity (Wildman–Crippen MR) is 122 cm³/mol. The highest BCUT2D eigenvalue weighted by Crippen LogP contribution is 2.51. The van der Waals surface area contributed by atoms with Gasteiger partial charge in [0.2, 0.25) is 0 Å². The molecule has 0 N–H and O–H groups in total. The highest BCUT2D eigenvalue weighted by molar-refractivity contribution is 8.19. The average Bonchev–Trinajstić information content (AvgIpc) is 3.25. The van der Waals surface area contributed by atoms with Gasteiger partial charge in [-0.25, -0.2) is 4.99 Å². The number of halogens is 1. The van der Waals surface area contributed by atoms with Crippen LogP contribution < -0.4 is 9.64 Å². The summed E-state index contributed by atoms with van der Waals surface area (Å²) in [4.78, 5) is 23.6. The minimum absolute atomic E-state index is 0.00839. The summed E-state index contributed by atoms with van der Waals surface area (Å²) in [6.45, 7) is 5.37. The summed E-state index contributed by atoms with van der Waals surface area (Å²) in [6.07, 6.45) is 0. The van der Waals surface area contributed by atoms with Gasteiger partial charge in [0, 0.05) is 29.1 Å². The third kappa shape index (κ3) is 3.74. The van der Waals surface area contributed by atoms with Crippen molar-refractivity contribution in [2.75, 3.05) is 25.1 Å². The number of ether oxygens (including phenoxy) is 1. The van der Waals surface area contributed by atoms with E-state index in [2.05, 4.69) is 11.8 Å². The molecule has 0 bridgehead atoms. The zero-order valence-corrected chi connectivity index (χ0v) is 18.7. The van der Waals surface area contributed by atoms with Gasteiger partial charge in [-0.1, -0.05) is 23.4 Å². The van der Waals surface area contributed by atoms with Crippen LogP contribution in [0.5, 0.6) is 5.75 Å². The van der Waals surface area contributed by atoms with Gasteiger partial charge in [0.15, 0.2) is 5.17 Å². The standard InChI is InChI=1S/C21H20ClN3O2S2/c1-4-24-16-12-15(27-3)10-11-17(16)28-20(24)18-19(26)25(5-2)21(29-18)23-14-8-6-13(22)7-9-14/h6-12H,4-5H2,1-3H3/b20-18-,23-21?. The molecule has 8 heteroatoms. The van der Waals surface area contributed by atoms with Crippen molar-refractivity contribution in [2.24, 2.45) is 4.99 Å². The van der Waals surface area contributed by atoms with Gasteiger partial charge in [-0.05, 0) is 62.0 Å². The quantitative estimate of drug-likeness (QED) is 0.562. The van der Waals surface area contributed by atoms with E-state index in [4.69, 9.17) is 21.3 Å². The number of nitrogens with zero attached hydrogens (tertiary/aromatic N) is 3. The lowest BCUT2D eigenvalue weighted by atomic mass is 10.2. The first-order valence-corrected chi connectivity index (χ1v) is 11.3. The van der Waals surface area contributed by atoms with Crippen LogP contribution in [0.25, 0.3) is 0 Å². The van der Waals surface area contributed by atoms with Crippen molar-refractivity contribution in [3.8, 4) is 5.75 Å². The maximum absolute atomic E-state index is 13.2. The third-order valence-corrected chi connectivity index (χ3v) is 7.28. The smallest absolute Gasteiger partial charge is 0.269 e. The Hall–Kier alpha value is -2.09. The molecule has 2 aliphatic rings. The van der Waals surface area contributed by atoms with Crippen molar-refractivity contribution in [3.63, 3.8) is 0 Å². The maximum atomic E-state index is 13.2. The molecule has 29 heavy (non-hydrogen) atoms. The van der Waals surface area contributed by atoms with Crippen LogP contribution in [0.2, 0.25) is 5.02 Å². The van der Waals surface area contributed by atoms with Crippen LogP contribution in [0.3, 0.4) is 0 Å². The topological polar surface area (TPSA) is 45.1 Å². The summed E-state index contributed by atoms with van der Waals surface area (Å²) in [5, 5.41) is 2.30. The third-order valence-electron chi connectivity index (χ3n) is 4.65. The first-order chi connectivity index (χ1) is 14.0. The highest BCUT2D eigenvalue weighted by atomic mass is 35.5. The molecule has 0 unspecified atom stereocenters. The van der Waals surface area contributed by atoms with Crippen molar-refractivity contribution in [3.05, 3.63) is 57.4 Å². The molecule has 2 aromatic rings. The number of amidine groups is 1. The molecule has 4 rings (SSSR count). The second-order valence-corrected chi connectivity index (χ2v) is 8.78. The number of benzene rings is 2. The first kappa shape index (κ1) is 20.2. The molecular formula is C21H20ClN3O2S2. The summed E-state index contributed by atoms with van der Waals surface area (Å²) in [7, 11) is 1.66. The van der Waals surface area contributed by atoms with Crippen LogP contribution in [0, 0.1) is 0 Å². The Morgan fingerprint density at radius 3 is 2.41 bits per heavy atom. The molecule has 0 saturated carbocycles. The van der Waals surface area contributed by atoms with E-state index in [9.17, 15) is 4.79 Å². The molecular weight excluding hydrogens is 426 g/mol. The molecule has 2 aliphatic heterocycles. The molecule has 0 radical (unpaired) electrons. The lowest BCUT2D eigenvalue weighted by molar-refractivity contribution is -0.122. The molecule has 2 heterocycles. The summed E-state index contributed by atoms with van der Waals surface area (Å²) in [6, 6.07) is 13.3. The van der Waals surface area contributed by atoms with Gasteiger partial charge in [0.05, 0.1) is 18.5 Å². The number of methoxy groups -OCH3 is 1. The van der Waals surface area contributed by atoms with Crippen LogP contribution in [0.15, 0.2) is 62.3 Å². The van der Waals surface area contributed by atoms with E-state index in [1.165, 1.54) is 11.8 Å². The fourth-order valence-corrected chi connectivity index (χ4v) is 5.76. The van der Waals surface area contributed by atoms with Crippen LogP contribution in [0.4, 0.5) is 11.4 Å². The molecule has 0 atom stereocenters. The number of carbonyl (C=O) groups is 1. The Morgan fingerprint density at radius 1 is 1.03 bits per heavy atom. The van der Waals surface area contributed by atoms with Gasteiger partial charge in [-0.15, -0.1) is 0 Å². The van der Waals surface area contributed by atoms with Gasteiger partial charge in [0.1, 0.15) is 15.7 Å². The van der Waals surface area contributed by atoms with Gasteiger partial charge in [-0.2, -0.15) is 0 Å². The summed E-state index contributed by atoms with van der Waals surface area (Å²) in [5.74, 6) is 0.797. The van der Waals surface area contributed by atoms with E-state index in [1.54, 1.807) is 35.9 Å². The summed E-state index contributed by atoms with van der Waals surface area (Å²) in [5.41, 5.74) is 1.84. The molecule has 5 nitrogen and oxygen atoms in total. The number of amides is 1. The van der Waals surface area contributed by atoms with Crippen LogP contribution in [0.1, 0.15) is 13.8 Å². The van der Waals surface area contributed by atoms with E-state index in [0.29, 0.717) is 21.6 Å². The van der Waals surface area contributed by atoms with E-state index in [-0.39, 0.29) is 5.91 Å².